The molecule has 0 saturated carbocycles. The lowest BCUT2D eigenvalue weighted by atomic mass is 9.87. The standard InChI is InChI=1S/C24H37N5O/c1-5-13-29(16-18(3)11-12-25)23-21-10-9-19(6-2)15-22(21)26-24(27-23)30-17-20-8-7-14-28(20)4/h6,18-20H,2,5,7-11,13-17H2,1,3-4H3/t18?,19?,20-/m0/s1. The topological polar surface area (TPSA) is 65.3 Å². The first-order valence-electron chi connectivity index (χ1n) is 11.5. The van der Waals surface area contributed by atoms with Gasteiger partial charge in [0.2, 0.25) is 0 Å². The van der Waals surface area contributed by atoms with Gasteiger partial charge >= 0.3 is 6.01 Å². The molecule has 2 unspecified atom stereocenters. The molecule has 6 heteroatoms. The van der Waals surface area contributed by atoms with E-state index in [9.17, 15) is 0 Å². The Kier molecular flexibility index (Phi) is 8.09. The largest absolute Gasteiger partial charge is 0.462 e. The van der Waals surface area contributed by atoms with E-state index in [0.29, 0.717) is 36.9 Å². The van der Waals surface area contributed by atoms with Crippen LogP contribution in [0.2, 0.25) is 0 Å². The van der Waals surface area contributed by atoms with Gasteiger partial charge in [0.1, 0.15) is 12.4 Å². The highest BCUT2D eigenvalue weighted by Crippen LogP contribution is 2.33. The highest BCUT2D eigenvalue weighted by atomic mass is 16.5. The average Bonchev–Trinajstić information content (AvgIpc) is 3.15. The fraction of sp³-hybridized carbons (Fsp3) is 0.708. The van der Waals surface area contributed by atoms with E-state index in [-0.39, 0.29) is 0 Å². The first-order valence-corrected chi connectivity index (χ1v) is 11.5. The molecule has 2 aliphatic rings. The molecule has 1 aromatic rings. The number of nitrogens with zero attached hydrogens (tertiary/aromatic N) is 5. The van der Waals surface area contributed by atoms with Crippen molar-refractivity contribution in [1.82, 2.24) is 14.9 Å². The van der Waals surface area contributed by atoms with Crippen LogP contribution >= 0.6 is 0 Å². The van der Waals surface area contributed by atoms with Crippen LogP contribution in [-0.4, -0.2) is 54.2 Å². The minimum absolute atomic E-state index is 0.299. The minimum atomic E-state index is 0.299. The average molecular weight is 412 g/mol. The van der Waals surface area contributed by atoms with Crippen molar-refractivity contribution >= 4 is 5.82 Å². The number of hydrogen-bond acceptors (Lipinski definition) is 6. The van der Waals surface area contributed by atoms with Crippen molar-refractivity contribution in [1.29, 1.82) is 5.26 Å². The summed E-state index contributed by atoms with van der Waals surface area (Å²) in [7, 11) is 2.16. The van der Waals surface area contributed by atoms with Crippen molar-refractivity contribution in [3.8, 4) is 12.1 Å². The molecule has 30 heavy (non-hydrogen) atoms. The van der Waals surface area contributed by atoms with Gasteiger partial charge in [-0.05, 0) is 64.0 Å². The summed E-state index contributed by atoms with van der Waals surface area (Å²) >= 11 is 0. The lowest BCUT2D eigenvalue weighted by molar-refractivity contribution is 0.187. The van der Waals surface area contributed by atoms with Gasteiger partial charge in [-0.2, -0.15) is 15.2 Å². The number of aromatic nitrogens is 2. The molecule has 164 valence electrons. The Labute approximate surface area is 181 Å². The zero-order valence-corrected chi connectivity index (χ0v) is 18.9. The number of nitriles is 1. The molecule has 0 amide bonds. The van der Waals surface area contributed by atoms with Crippen molar-refractivity contribution in [2.75, 3.05) is 38.2 Å². The van der Waals surface area contributed by atoms with Crippen LogP contribution in [0.5, 0.6) is 6.01 Å². The van der Waals surface area contributed by atoms with Gasteiger partial charge in [-0.15, -0.1) is 6.58 Å². The quantitative estimate of drug-likeness (QED) is 0.542. The van der Waals surface area contributed by atoms with E-state index < -0.39 is 0 Å². The van der Waals surface area contributed by atoms with E-state index in [1.807, 2.05) is 0 Å². The van der Waals surface area contributed by atoms with Gasteiger partial charge in [0.25, 0.3) is 0 Å². The molecule has 0 aromatic carbocycles. The summed E-state index contributed by atoms with van der Waals surface area (Å²) < 4.78 is 6.15. The summed E-state index contributed by atoms with van der Waals surface area (Å²) in [5.41, 5.74) is 2.37. The van der Waals surface area contributed by atoms with Crippen molar-refractivity contribution < 1.29 is 4.74 Å². The van der Waals surface area contributed by atoms with Gasteiger partial charge in [-0.3, -0.25) is 0 Å². The number of likely N-dealkylation sites (tertiary alicyclic amines) is 1. The Morgan fingerprint density at radius 1 is 1.40 bits per heavy atom. The van der Waals surface area contributed by atoms with E-state index in [1.54, 1.807) is 0 Å². The van der Waals surface area contributed by atoms with Gasteiger partial charge < -0.3 is 14.5 Å². The zero-order chi connectivity index (χ0) is 21.5. The van der Waals surface area contributed by atoms with Crippen molar-refractivity contribution in [3.05, 3.63) is 23.9 Å². The summed E-state index contributed by atoms with van der Waals surface area (Å²) in [5, 5.41) is 9.11. The second-order valence-corrected chi connectivity index (χ2v) is 8.99. The smallest absolute Gasteiger partial charge is 0.318 e. The second kappa shape index (κ2) is 10.8. The monoisotopic (exact) mass is 411 g/mol. The number of rotatable bonds is 10. The predicted molar refractivity (Wildman–Crippen MR) is 121 cm³/mol. The molecule has 0 bridgehead atoms. The van der Waals surface area contributed by atoms with Crippen molar-refractivity contribution in [2.24, 2.45) is 11.8 Å². The van der Waals surface area contributed by atoms with Gasteiger partial charge in [0.05, 0.1) is 11.8 Å². The van der Waals surface area contributed by atoms with E-state index >= 15 is 0 Å². The van der Waals surface area contributed by atoms with Crippen molar-refractivity contribution in [3.63, 3.8) is 0 Å². The Hall–Kier alpha value is -2.13. The highest BCUT2D eigenvalue weighted by Gasteiger charge is 2.27. The Bertz CT molecular complexity index is 759. The van der Waals surface area contributed by atoms with Crippen LogP contribution in [-0.2, 0) is 12.8 Å². The summed E-state index contributed by atoms with van der Waals surface area (Å²) in [6, 6.07) is 3.25. The minimum Gasteiger partial charge on any atom is -0.462 e. The molecule has 3 rings (SSSR count). The number of hydrogen-bond donors (Lipinski definition) is 0. The molecule has 1 aromatic heterocycles. The molecule has 0 radical (unpaired) electrons. The third kappa shape index (κ3) is 5.51. The number of ether oxygens (including phenoxy) is 1. The highest BCUT2D eigenvalue weighted by molar-refractivity contribution is 5.51. The number of anilines is 1. The third-order valence-electron chi connectivity index (χ3n) is 6.45. The van der Waals surface area contributed by atoms with Crippen LogP contribution in [0.25, 0.3) is 0 Å². The molecule has 0 N–H and O–H groups in total. The third-order valence-corrected chi connectivity index (χ3v) is 6.45. The van der Waals surface area contributed by atoms with Gasteiger partial charge in [0, 0.05) is 31.1 Å². The number of likely N-dealkylation sites (N-methyl/N-ethyl adjacent to an activating group) is 1. The number of allylic oxidation sites excluding steroid dienone is 1. The molecular weight excluding hydrogens is 374 g/mol. The van der Waals surface area contributed by atoms with Gasteiger partial charge in [0.15, 0.2) is 0 Å². The normalized spacial score (nSPS) is 22.2. The molecule has 3 atom stereocenters. The Balaban J connectivity index is 1.88. The maximum Gasteiger partial charge on any atom is 0.318 e. The lowest BCUT2D eigenvalue weighted by Gasteiger charge is -2.31. The maximum atomic E-state index is 9.11. The van der Waals surface area contributed by atoms with Crippen LogP contribution in [0, 0.1) is 23.2 Å². The fourth-order valence-electron chi connectivity index (χ4n) is 4.64. The van der Waals surface area contributed by atoms with Crippen LogP contribution in [0.3, 0.4) is 0 Å². The van der Waals surface area contributed by atoms with E-state index in [4.69, 9.17) is 20.0 Å². The second-order valence-electron chi connectivity index (χ2n) is 8.99. The van der Waals surface area contributed by atoms with Crippen LogP contribution in [0.4, 0.5) is 5.82 Å². The molecule has 1 aliphatic heterocycles. The number of fused-ring (bicyclic) bond motifs is 1. The summed E-state index contributed by atoms with van der Waals surface area (Å²) in [5.74, 6) is 1.78. The lowest BCUT2D eigenvalue weighted by Crippen LogP contribution is -2.33. The van der Waals surface area contributed by atoms with Crippen molar-refractivity contribution in [2.45, 2.75) is 64.8 Å². The fourth-order valence-corrected chi connectivity index (χ4v) is 4.64. The molecule has 1 aliphatic carbocycles. The molecule has 2 heterocycles. The molecular formula is C24H37N5O. The Morgan fingerprint density at radius 3 is 2.90 bits per heavy atom. The first kappa shape index (κ1) is 22.6. The summed E-state index contributed by atoms with van der Waals surface area (Å²) in [6.07, 6.45) is 9.01. The van der Waals surface area contributed by atoms with E-state index in [1.165, 1.54) is 18.4 Å². The summed E-state index contributed by atoms with van der Waals surface area (Å²) in [4.78, 5) is 14.5. The predicted octanol–water partition coefficient (Wildman–Crippen LogP) is 4.01. The zero-order valence-electron chi connectivity index (χ0n) is 18.9. The molecule has 0 spiro atoms. The molecule has 1 saturated heterocycles. The summed E-state index contributed by atoms with van der Waals surface area (Å²) in [6.45, 7) is 11.9. The molecule has 6 nitrogen and oxygen atoms in total. The van der Waals surface area contributed by atoms with E-state index in [0.717, 1.165) is 56.8 Å². The van der Waals surface area contributed by atoms with Crippen LogP contribution in [0.1, 0.15) is 57.2 Å². The van der Waals surface area contributed by atoms with Crippen LogP contribution < -0.4 is 9.64 Å². The maximum absolute atomic E-state index is 9.11. The van der Waals surface area contributed by atoms with E-state index in [2.05, 4.69) is 49.4 Å². The first-order chi connectivity index (χ1) is 14.5. The van der Waals surface area contributed by atoms with Crippen LogP contribution in [0.15, 0.2) is 12.7 Å². The molecule has 1 fully saturated rings. The van der Waals surface area contributed by atoms with Gasteiger partial charge in [-0.1, -0.05) is 19.9 Å². The Morgan fingerprint density at radius 2 is 2.23 bits per heavy atom. The SMILES string of the molecule is C=CC1CCc2c(nc(OC[C@@H]3CCCN3C)nc2N(CCC)CC(C)CC#N)C1. The van der Waals surface area contributed by atoms with Gasteiger partial charge in [-0.25, -0.2) is 0 Å².